The van der Waals surface area contributed by atoms with Crippen molar-refractivity contribution < 1.29 is 4.42 Å². The average molecular weight is 282 g/mol. The molecule has 0 atom stereocenters. The number of nitrogens with zero attached hydrogens (tertiary/aromatic N) is 3. The van der Waals surface area contributed by atoms with Crippen molar-refractivity contribution in [1.82, 2.24) is 15.0 Å². The monoisotopic (exact) mass is 282 g/mol. The average Bonchev–Trinajstić information content (AvgIpc) is 2.89. The summed E-state index contributed by atoms with van der Waals surface area (Å²) in [4.78, 5) is 13.2. The quantitative estimate of drug-likeness (QED) is 0.770. The van der Waals surface area contributed by atoms with Crippen molar-refractivity contribution in [3.63, 3.8) is 0 Å². The van der Waals surface area contributed by atoms with Crippen LogP contribution in [0.25, 0.3) is 11.1 Å². The van der Waals surface area contributed by atoms with Crippen LogP contribution in [-0.2, 0) is 5.41 Å². The van der Waals surface area contributed by atoms with Gasteiger partial charge in [-0.15, -0.1) is 0 Å². The largest absolute Gasteiger partial charge is 0.443 e. The third-order valence-corrected chi connectivity index (χ3v) is 3.29. The van der Waals surface area contributed by atoms with E-state index < -0.39 is 0 Å². The summed E-state index contributed by atoms with van der Waals surface area (Å²) in [5.41, 5.74) is 4.45. The zero-order chi connectivity index (χ0) is 15.0. The predicted molar refractivity (Wildman–Crippen MR) is 82.8 cm³/mol. The lowest BCUT2D eigenvalue weighted by Gasteiger charge is -2.20. The van der Waals surface area contributed by atoms with Gasteiger partial charge in [0, 0.05) is 11.6 Å². The van der Waals surface area contributed by atoms with Crippen molar-refractivity contribution in [3.8, 4) is 0 Å². The number of aromatic nitrogens is 3. The van der Waals surface area contributed by atoms with Crippen molar-refractivity contribution in [3.05, 3.63) is 42.0 Å². The number of hydrogen-bond donors (Lipinski definition) is 1. The van der Waals surface area contributed by atoms with Crippen LogP contribution in [0.4, 0.5) is 11.6 Å². The molecule has 2 heterocycles. The maximum absolute atomic E-state index is 5.30. The molecule has 0 bridgehead atoms. The maximum atomic E-state index is 5.30. The maximum Gasteiger partial charge on any atom is 0.227 e. The first-order valence-electron chi connectivity index (χ1n) is 6.88. The second-order valence-electron chi connectivity index (χ2n) is 6.10. The van der Waals surface area contributed by atoms with Gasteiger partial charge in [-0.05, 0) is 24.6 Å². The normalized spacial score (nSPS) is 11.8. The highest BCUT2D eigenvalue weighted by Crippen LogP contribution is 2.27. The first-order chi connectivity index (χ1) is 9.95. The molecule has 0 unspecified atom stereocenters. The Hall–Kier alpha value is -2.43. The lowest BCUT2D eigenvalue weighted by molar-refractivity contribution is 0.563. The Morgan fingerprint density at radius 3 is 2.71 bits per heavy atom. The molecule has 0 spiro atoms. The minimum absolute atomic E-state index is 0.0245. The van der Waals surface area contributed by atoms with Crippen LogP contribution in [0.3, 0.4) is 0 Å². The van der Waals surface area contributed by atoms with Gasteiger partial charge in [0.15, 0.2) is 12.0 Å². The number of fused-ring (bicyclic) bond motifs is 1. The van der Waals surface area contributed by atoms with Crippen molar-refractivity contribution in [2.24, 2.45) is 0 Å². The molecule has 21 heavy (non-hydrogen) atoms. The summed E-state index contributed by atoms with van der Waals surface area (Å²) in [6.45, 7) is 8.46. The van der Waals surface area contributed by atoms with Crippen LogP contribution in [0, 0.1) is 6.92 Å². The van der Waals surface area contributed by atoms with Gasteiger partial charge in [0.1, 0.15) is 5.52 Å². The van der Waals surface area contributed by atoms with E-state index in [9.17, 15) is 0 Å². The molecule has 3 aromatic rings. The molecule has 1 N–H and O–H groups in total. The SMILES string of the molecule is Cc1cnc(Nc2cccc3ocnc23)nc1C(C)(C)C. The molecule has 0 aliphatic carbocycles. The fourth-order valence-electron chi connectivity index (χ4n) is 2.37. The van der Waals surface area contributed by atoms with Crippen molar-refractivity contribution in [2.45, 2.75) is 33.1 Å². The molecule has 0 aliphatic rings. The minimum Gasteiger partial charge on any atom is -0.443 e. The van der Waals surface area contributed by atoms with Crippen LogP contribution in [0.2, 0.25) is 0 Å². The zero-order valence-electron chi connectivity index (χ0n) is 12.6. The standard InChI is InChI=1S/C16H18N4O/c1-10-8-17-15(20-14(10)16(2,3)4)19-11-6-5-7-12-13(11)18-9-21-12/h5-9H,1-4H3,(H,17,19,20). The lowest BCUT2D eigenvalue weighted by atomic mass is 9.89. The van der Waals surface area contributed by atoms with E-state index in [2.05, 4.69) is 41.0 Å². The number of para-hydroxylation sites is 1. The first kappa shape index (κ1) is 13.5. The molecule has 0 amide bonds. The van der Waals surface area contributed by atoms with Gasteiger partial charge in [0.2, 0.25) is 5.95 Å². The molecule has 0 fully saturated rings. The van der Waals surface area contributed by atoms with E-state index in [1.165, 1.54) is 6.39 Å². The molecule has 0 saturated carbocycles. The van der Waals surface area contributed by atoms with Crippen molar-refractivity contribution >= 4 is 22.7 Å². The Labute approximate surface area is 123 Å². The summed E-state index contributed by atoms with van der Waals surface area (Å²) in [6, 6.07) is 5.73. The van der Waals surface area contributed by atoms with Crippen LogP contribution in [0.15, 0.2) is 35.2 Å². The summed E-state index contributed by atoms with van der Waals surface area (Å²) < 4.78 is 5.30. The third-order valence-electron chi connectivity index (χ3n) is 3.29. The van der Waals surface area contributed by atoms with Crippen LogP contribution >= 0.6 is 0 Å². The Morgan fingerprint density at radius 2 is 1.95 bits per heavy atom. The first-order valence-corrected chi connectivity index (χ1v) is 6.88. The van der Waals surface area contributed by atoms with Gasteiger partial charge in [0.25, 0.3) is 0 Å². The fraction of sp³-hybridized carbons (Fsp3) is 0.312. The molecule has 0 aliphatic heterocycles. The van der Waals surface area contributed by atoms with Crippen molar-refractivity contribution in [2.75, 3.05) is 5.32 Å². The molecular formula is C16H18N4O. The molecule has 108 valence electrons. The van der Waals surface area contributed by atoms with E-state index in [0.29, 0.717) is 5.95 Å². The number of rotatable bonds is 2. The third kappa shape index (κ3) is 2.59. The highest BCUT2D eigenvalue weighted by Gasteiger charge is 2.19. The Balaban J connectivity index is 2.01. The summed E-state index contributed by atoms with van der Waals surface area (Å²) in [6.07, 6.45) is 3.28. The van der Waals surface area contributed by atoms with Crippen LogP contribution < -0.4 is 5.32 Å². The van der Waals surface area contributed by atoms with Gasteiger partial charge in [-0.3, -0.25) is 0 Å². The van der Waals surface area contributed by atoms with E-state index in [4.69, 9.17) is 4.42 Å². The van der Waals surface area contributed by atoms with Gasteiger partial charge in [-0.2, -0.15) is 0 Å². The number of hydrogen-bond acceptors (Lipinski definition) is 5. The lowest BCUT2D eigenvalue weighted by Crippen LogP contribution is -2.17. The number of nitrogens with one attached hydrogen (secondary N) is 1. The second kappa shape index (κ2) is 4.84. The number of benzene rings is 1. The Kier molecular flexibility index (Phi) is 3.12. The molecule has 2 aromatic heterocycles. The molecule has 1 aromatic carbocycles. The summed E-state index contributed by atoms with van der Waals surface area (Å²) in [7, 11) is 0. The van der Waals surface area contributed by atoms with Gasteiger partial charge in [-0.25, -0.2) is 15.0 Å². The van der Waals surface area contributed by atoms with E-state index in [-0.39, 0.29) is 5.41 Å². The molecular weight excluding hydrogens is 264 g/mol. The summed E-state index contributed by atoms with van der Waals surface area (Å²) in [5, 5.41) is 3.23. The van der Waals surface area contributed by atoms with Crippen LogP contribution in [0.5, 0.6) is 0 Å². The smallest absolute Gasteiger partial charge is 0.227 e. The molecule has 0 saturated heterocycles. The van der Waals surface area contributed by atoms with Crippen molar-refractivity contribution in [1.29, 1.82) is 0 Å². The van der Waals surface area contributed by atoms with E-state index >= 15 is 0 Å². The van der Waals surface area contributed by atoms with Gasteiger partial charge >= 0.3 is 0 Å². The van der Waals surface area contributed by atoms with Gasteiger partial charge in [-0.1, -0.05) is 26.8 Å². The van der Waals surface area contributed by atoms with E-state index in [1.807, 2.05) is 31.3 Å². The van der Waals surface area contributed by atoms with E-state index in [0.717, 1.165) is 28.0 Å². The highest BCUT2D eigenvalue weighted by atomic mass is 16.3. The minimum atomic E-state index is -0.0245. The topological polar surface area (TPSA) is 63.8 Å². The summed E-state index contributed by atoms with van der Waals surface area (Å²) in [5.74, 6) is 0.570. The van der Waals surface area contributed by atoms with Gasteiger partial charge < -0.3 is 9.73 Å². The Bertz CT molecular complexity index is 786. The molecule has 5 heteroatoms. The van der Waals surface area contributed by atoms with E-state index in [1.54, 1.807) is 0 Å². The molecule has 0 radical (unpaired) electrons. The zero-order valence-corrected chi connectivity index (χ0v) is 12.6. The highest BCUT2D eigenvalue weighted by molar-refractivity contribution is 5.87. The fourth-order valence-corrected chi connectivity index (χ4v) is 2.37. The van der Waals surface area contributed by atoms with Gasteiger partial charge in [0.05, 0.1) is 11.4 Å². The number of aryl methyl sites for hydroxylation is 1. The van der Waals surface area contributed by atoms with Crippen LogP contribution in [-0.4, -0.2) is 15.0 Å². The molecule has 3 rings (SSSR count). The summed E-state index contributed by atoms with van der Waals surface area (Å²) >= 11 is 0. The number of oxazole rings is 1. The van der Waals surface area contributed by atoms with Crippen LogP contribution in [0.1, 0.15) is 32.0 Å². The number of anilines is 2. The molecule has 5 nitrogen and oxygen atoms in total. The Morgan fingerprint density at radius 1 is 1.14 bits per heavy atom. The predicted octanol–water partition coefficient (Wildman–Crippen LogP) is 3.97. The second-order valence-corrected chi connectivity index (χ2v) is 6.10.